The highest BCUT2D eigenvalue weighted by atomic mass is 35.5. The Hall–Kier alpha value is -1.82. The fraction of sp³-hybridized carbons (Fsp3) is 0.462. The molecule has 6 nitrogen and oxygen atoms in total. The van der Waals surface area contributed by atoms with E-state index in [1.165, 1.54) is 6.07 Å². The summed E-state index contributed by atoms with van der Waals surface area (Å²) in [6.45, 7) is 7.17. The van der Waals surface area contributed by atoms with Crippen molar-refractivity contribution in [3.63, 3.8) is 0 Å². The van der Waals surface area contributed by atoms with Crippen LogP contribution in [0, 0.1) is 5.41 Å². The van der Waals surface area contributed by atoms with Crippen LogP contribution in [-0.2, 0) is 9.53 Å². The number of pyridine rings is 1. The predicted octanol–water partition coefficient (Wildman–Crippen LogP) is 2.48. The summed E-state index contributed by atoms with van der Waals surface area (Å²) in [5.74, 6) is -0.780. The minimum absolute atomic E-state index is 0.0444. The number of amides is 1. The summed E-state index contributed by atoms with van der Waals surface area (Å²) < 4.78 is 4.83. The summed E-state index contributed by atoms with van der Waals surface area (Å²) >= 11 is 6.00. The van der Waals surface area contributed by atoms with Crippen molar-refractivity contribution < 1.29 is 14.3 Å². The van der Waals surface area contributed by atoms with Gasteiger partial charge in [-0.25, -0.2) is 9.78 Å². The van der Waals surface area contributed by atoms with Gasteiger partial charge in [0, 0.05) is 5.41 Å². The number of aromatic nitrogens is 1. The zero-order valence-electron chi connectivity index (χ0n) is 11.9. The topological polar surface area (TPSA) is 94.3 Å². The summed E-state index contributed by atoms with van der Waals surface area (Å²) in [6.07, 6.45) is 0. The molecule has 0 radical (unpaired) electrons. The number of nitrogens with one attached hydrogen (secondary N) is 1. The van der Waals surface area contributed by atoms with Gasteiger partial charge in [0.05, 0.1) is 11.6 Å². The number of anilines is 2. The van der Waals surface area contributed by atoms with E-state index in [1.54, 1.807) is 27.7 Å². The van der Waals surface area contributed by atoms with Gasteiger partial charge in [-0.15, -0.1) is 0 Å². The number of nitrogens with two attached hydrogens (primary N) is 1. The second kappa shape index (κ2) is 6.09. The molecule has 7 heteroatoms. The Labute approximate surface area is 122 Å². The number of carbonyl (C=O) groups is 2. The molecule has 1 rings (SSSR count). The fourth-order valence-corrected chi connectivity index (χ4v) is 1.46. The number of halogens is 1. The van der Waals surface area contributed by atoms with Crippen molar-refractivity contribution in [2.75, 3.05) is 17.7 Å². The lowest BCUT2D eigenvalue weighted by Gasteiger charge is -2.18. The van der Waals surface area contributed by atoms with E-state index in [4.69, 9.17) is 22.1 Å². The van der Waals surface area contributed by atoms with Crippen molar-refractivity contribution >= 4 is 35.1 Å². The second-order valence-corrected chi connectivity index (χ2v) is 5.58. The third-order valence-electron chi connectivity index (χ3n) is 2.41. The molecule has 1 amide bonds. The summed E-state index contributed by atoms with van der Waals surface area (Å²) in [6, 6.07) is 1.33. The van der Waals surface area contributed by atoms with E-state index < -0.39 is 11.4 Å². The third-order valence-corrected chi connectivity index (χ3v) is 2.70. The van der Waals surface area contributed by atoms with Crippen molar-refractivity contribution in [3.05, 3.63) is 16.7 Å². The van der Waals surface area contributed by atoms with Gasteiger partial charge in [-0.2, -0.15) is 0 Å². The van der Waals surface area contributed by atoms with Crippen LogP contribution in [0.1, 0.15) is 38.1 Å². The molecule has 0 spiro atoms. The van der Waals surface area contributed by atoms with E-state index in [0.717, 1.165) is 0 Å². The minimum atomic E-state index is -0.604. The summed E-state index contributed by atoms with van der Waals surface area (Å²) in [5, 5.41) is 2.70. The van der Waals surface area contributed by atoms with Gasteiger partial charge in [-0.1, -0.05) is 32.4 Å². The van der Waals surface area contributed by atoms with E-state index in [9.17, 15) is 9.59 Å². The lowest BCUT2D eigenvalue weighted by atomic mass is 9.96. The van der Waals surface area contributed by atoms with Crippen LogP contribution in [0.25, 0.3) is 0 Å². The summed E-state index contributed by atoms with van der Waals surface area (Å²) in [5.41, 5.74) is 5.16. The van der Waals surface area contributed by atoms with Gasteiger partial charge in [0.15, 0.2) is 5.82 Å². The molecule has 110 valence electrons. The molecule has 0 unspecified atom stereocenters. The van der Waals surface area contributed by atoms with Gasteiger partial charge in [0.2, 0.25) is 5.91 Å². The maximum Gasteiger partial charge on any atom is 0.341 e. The molecule has 1 aromatic rings. The highest BCUT2D eigenvalue weighted by Crippen LogP contribution is 2.26. The first kappa shape index (κ1) is 16.2. The normalized spacial score (nSPS) is 11.1. The molecule has 1 aromatic heterocycles. The molecule has 0 aliphatic rings. The van der Waals surface area contributed by atoms with Gasteiger partial charge >= 0.3 is 5.97 Å². The van der Waals surface area contributed by atoms with E-state index in [-0.39, 0.29) is 34.7 Å². The van der Waals surface area contributed by atoms with E-state index >= 15 is 0 Å². The van der Waals surface area contributed by atoms with Crippen molar-refractivity contribution in [2.24, 2.45) is 5.41 Å². The Balaban J connectivity index is 3.06. The van der Waals surface area contributed by atoms with Gasteiger partial charge in [-0.05, 0) is 13.0 Å². The zero-order chi connectivity index (χ0) is 15.5. The van der Waals surface area contributed by atoms with Crippen LogP contribution in [0.5, 0.6) is 0 Å². The fourth-order valence-electron chi connectivity index (χ4n) is 1.26. The van der Waals surface area contributed by atoms with E-state index in [1.807, 2.05) is 0 Å². The molecule has 0 bridgehead atoms. The Bertz CT molecular complexity index is 538. The zero-order valence-corrected chi connectivity index (χ0v) is 12.7. The average Bonchev–Trinajstić information content (AvgIpc) is 2.32. The van der Waals surface area contributed by atoms with Crippen molar-refractivity contribution in [1.82, 2.24) is 4.98 Å². The molecule has 0 fully saturated rings. The van der Waals surface area contributed by atoms with Crippen LogP contribution in [0.3, 0.4) is 0 Å². The highest BCUT2D eigenvalue weighted by molar-refractivity contribution is 6.34. The van der Waals surface area contributed by atoms with E-state index in [2.05, 4.69) is 10.3 Å². The molecule has 0 saturated carbocycles. The Morgan fingerprint density at radius 1 is 1.45 bits per heavy atom. The number of hydrogen-bond acceptors (Lipinski definition) is 5. The Kier molecular flexibility index (Phi) is 4.94. The monoisotopic (exact) mass is 299 g/mol. The number of nitrogens with zero attached hydrogens (tertiary/aromatic N) is 1. The quantitative estimate of drug-likeness (QED) is 0.836. The van der Waals surface area contributed by atoms with Crippen molar-refractivity contribution in [1.29, 1.82) is 0 Å². The lowest BCUT2D eigenvalue weighted by Crippen LogP contribution is -2.28. The number of rotatable bonds is 3. The van der Waals surface area contributed by atoms with Crippen LogP contribution in [0.2, 0.25) is 5.02 Å². The van der Waals surface area contributed by atoms with Gasteiger partial charge in [0.25, 0.3) is 0 Å². The van der Waals surface area contributed by atoms with Crippen LogP contribution < -0.4 is 11.1 Å². The third kappa shape index (κ3) is 3.84. The second-order valence-electron chi connectivity index (χ2n) is 5.18. The first-order chi connectivity index (χ1) is 9.16. The molecule has 20 heavy (non-hydrogen) atoms. The lowest BCUT2D eigenvalue weighted by molar-refractivity contribution is -0.123. The molecule has 0 atom stereocenters. The predicted molar refractivity (Wildman–Crippen MR) is 77.7 cm³/mol. The number of esters is 1. The molecule has 0 aliphatic carbocycles. The Morgan fingerprint density at radius 3 is 2.55 bits per heavy atom. The molecular weight excluding hydrogens is 282 g/mol. The Morgan fingerprint density at radius 2 is 2.05 bits per heavy atom. The highest BCUT2D eigenvalue weighted by Gasteiger charge is 2.23. The first-order valence-electron chi connectivity index (χ1n) is 6.11. The SMILES string of the molecule is CCOC(=O)c1cc(Cl)c(NC(=O)C(C)(C)C)nc1N. The summed E-state index contributed by atoms with van der Waals surface area (Å²) in [4.78, 5) is 27.4. The molecule has 0 saturated heterocycles. The number of ether oxygens (including phenoxy) is 1. The van der Waals surface area contributed by atoms with Crippen LogP contribution >= 0.6 is 11.6 Å². The van der Waals surface area contributed by atoms with Gasteiger partial charge in [-0.3, -0.25) is 4.79 Å². The summed E-state index contributed by atoms with van der Waals surface area (Å²) in [7, 11) is 0. The van der Waals surface area contributed by atoms with Gasteiger partial charge in [0.1, 0.15) is 11.4 Å². The molecule has 0 aliphatic heterocycles. The van der Waals surface area contributed by atoms with Crippen molar-refractivity contribution in [3.8, 4) is 0 Å². The largest absolute Gasteiger partial charge is 0.462 e. The standard InChI is InChI=1S/C13H18ClN3O3/c1-5-20-11(18)7-6-8(14)10(16-9(7)15)17-12(19)13(2,3)4/h6H,5H2,1-4H3,(H3,15,16,17,19). The number of carbonyl (C=O) groups excluding carboxylic acids is 2. The number of hydrogen-bond donors (Lipinski definition) is 2. The number of nitrogen functional groups attached to an aromatic ring is 1. The van der Waals surface area contributed by atoms with Gasteiger partial charge < -0.3 is 15.8 Å². The van der Waals surface area contributed by atoms with Crippen molar-refractivity contribution in [2.45, 2.75) is 27.7 Å². The van der Waals surface area contributed by atoms with E-state index in [0.29, 0.717) is 0 Å². The first-order valence-corrected chi connectivity index (χ1v) is 6.49. The average molecular weight is 300 g/mol. The smallest absolute Gasteiger partial charge is 0.341 e. The van der Waals surface area contributed by atoms with Crippen LogP contribution in [0.4, 0.5) is 11.6 Å². The molecule has 1 heterocycles. The van der Waals surface area contributed by atoms with Crippen LogP contribution in [-0.4, -0.2) is 23.5 Å². The van der Waals surface area contributed by atoms with Crippen LogP contribution in [0.15, 0.2) is 6.07 Å². The maximum absolute atomic E-state index is 11.9. The maximum atomic E-state index is 11.9. The molecule has 0 aromatic carbocycles. The minimum Gasteiger partial charge on any atom is -0.462 e. The molecule has 3 N–H and O–H groups in total. The molecular formula is C13H18ClN3O3.